The van der Waals surface area contributed by atoms with Gasteiger partial charge in [-0.1, -0.05) is 35.3 Å². The van der Waals surface area contributed by atoms with Crippen LogP contribution >= 0.6 is 0 Å². The van der Waals surface area contributed by atoms with Gasteiger partial charge in [-0.25, -0.2) is 43.9 Å². The summed E-state index contributed by atoms with van der Waals surface area (Å²) < 4.78 is 147. The van der Waals surface area contributed by atoms with E-state index in [2.05, 4.69) is 12.2 Å². The van der Waals surface area contributed by atoms with Crippen LogP contribution in [-0.2, 0) is 0 Å². The maximum absolute atomic E-state index is 15.3. The zero-order valence-corrected chi connectivity index (χ0v) is 22.7. The van der Waals surface area contributed by atoms with Crippen molar-refractivity contribution in [2.24, 2.45) is 5.92 Å². The predicted molar refractivity (Wildman–Crippen MR) is 142 cm³/mol. The Kier molecular flexibility index (Phi) is 7.88. The second-order valence-electron chi connectivity index (χ2n) is 11.5. The van der Waals surface area contributed by atoms with Crippen LogP contribution in [0, 0.1) is 69.9 Å². The van der Waals surface area contributed by atoms with E-state index in [0.717, 1.165) is 31.3 Å². The lowest BCUT2D eigenvalue weighted by Crippen LogP contribution is -2.54. The van der Waals surface area contributed by atoms with Gasteiger partial charge in [-0.3, -0.25) is 0 Å². The Morgan fingerprint density at radius 3 is 1.60 bits per heavy atom. The lowest BCUT2D eigenvalue weighted by atomic mass is 9.32. The Labute approximate surface area is 241 Å². The Balaban J connectivity index is 1.52. The Hall–Kier alpha value is -3.24. The van der Waals surface area contributed by atoms with Gasteiger partial charge in [-0.2, -0.15) is 16.7 Å². The van der Waals surface area contributed by atoms with Gasteiger partial charge in [0.2, 0.25) is 0 Å². The Morgan fingerprint density at radius 1 is 0.558 bits per heavy atom. The van der Waals surface area contributed by atoms with E-state index >= 15 is 17.6 Å². The highest BCUT2D eigenvalue weighted by Crippen LogP contribution is 2.46. The van der Waals surface area contributed by atoms with E-state index in [0.29, 0.717) is 54.7 Å². The second-order valence-corrected chi connectivity index (χ2v) is 11.5. The van der Waals surface area contributed by atoms with E-state index in [4.69, 9.17) is 0 Å². The number of benzene rings is 2. The minimum Gasteiger partial charge on any atom is -0.207 e. The molecule has 0 aliphatic heterocycles. The molecule has 0 nitrogen and oxygen atoms in total. The lowest BCUT2D eigenvalue weighted by molar-refractivity contribution is 0.382. The fourth-order valence-corrected chi connectivity index (χ4v) is 7.13. The highest BCUT2D eigenvalue weighted by molar-refractivity contribution is 6.91. The highest BCUT2D eigenvalue weighted by atomic mass is 19.2. The molecule has 0 aromatic heterocycles. The van der Waals surface area contributed by atoms with Crippen LogP contribution in [0.5, 0.6) is 0 Å². The third-order valence-electron chi connectivity index (χ3n) is 9.17. The normalized spacial score (nSPS) is 20.4. The number of allylic oxidation sites excluding steroid dienone is 8. The summed E-state index contributed by atoms with van der Waals surface area (Å²) in [6, 6.07) is 0. The molecule has 0 amide bonds. The quantitative estimate of drug-likeness (QED) is 0.134. The topological polar surface area (TPSA) is 0 Å². The van der Waals surface area contributed by atoms with Crippen LogP contribution in [-0.4, -0.2) is 6.71 Å². The standard InChI is InChI=1S/C32H24BF10/c34-23-21(24(35)28(39)31(42)27(23)38)33(22-25(36)29(40)32(43)30(41)26(22)37)20-13-16(18-7-3-4-8-19(18)20)12-11-15-10-9-14-5-1-2-6-17(14)15/h9-10,13-14H,1-8,11-12H2/q-1. The van der Waals surface area contributed by atoms with Gasteiger partial charge in [-0.05, 0) is 81.6 Å². The third-order valence-corrected chi connectivity index (χ3v) is 9.17. The molecule has 2 radical (unpaired) electrons. The number of halogens is 10. The summed E-state index contributed by atoms with van der Waals surface area (Å²) in [5.74, 6) is -24.1. The van der Waals surface area contributed by atoms with Crippen LogP contribution in [0.2, 0.25) is 0 Å². The largest absolute Gasteiger partial charge is 0.207 e. The number of fused-ring (bicyclic) bond motifs is 1. The van der Waals surface area contributed by atoms with Gasteiger partial charge in [0.05, 0.1) is 0 Å². The molecule has 1 fully saturated rings. The molecule has 2 aromatic carbocycles. The van der Waals surface area contributed by atoms with E-state index in [1.807, 2.05) is 0 Å². The van der Waals surface area contributed by atoms with Crippen LogP contribution in [0.3, 0.4) is 0 Å². The SMILES string of the molecule is Fc1c(F)c(F)c([B-]([C]2C=C(CCC3=C4CCCCC4C=C3)C3=C2CCCC3)c2c(F)c(F)c(F)c(F)c2F)c(F)c1F. The molecular formula is C32H24BF10-. The van der Waals surface area contributed by atoms with Crippen molar-refractivity contribution in [1.29, 1.82) is 0 Å². The summed E-state index contributed by atoms with van der Waals surface area (Å²) in [5.41, 5.74) is 0.821. The van der Waals surface area contributed by atoms with Crippen molar-refractivity contribution in [2.75, 3.05) is 0 Å². The van der Waals surface area contributed by atoms with E-state index in [9.17, 15) is 26.3 Å². The molecule has 0 N–H and O–H groups in total. The monoisotopic (exact) mass is 609 g/mol. The molecule has 11 heteroatoms. The zero-order chi connectivity index (χ0) is 30.7. The molecule has 4 aliphatic rings. The van der Waals surface area contributed by atoms with Gasteiger partial charge in [0.1, 0.15) is 23.3 Å². The van der Waals surface area contributed by atoms with Crippen LogP contribution in [0.1, 0.15) is 64.2 Å². The molecule has 0 bridgehead atoms. The van der Waals surface area contributed by atoms with Crippen molar-refractivity contribution in [3.05, 3.63) is 110 Å². The second kappa shape index (κ2) is 11.4. The minimum atomic E-state index is -2.51. The smallest absolute Gasteiger partial charge is 0.200 e. The molecule has 226 valence electrons. The molecule has 43 heavy (non-hydrogen) atoms. The van der Waals surface area contributed by atoms with Crippen LogP contribution in [0.15, 0.2) is 46.1 Å². The average molecular weight is 609 g/mol. The summed E-state index contributed by atoms with van der Waals surface area (Å²) in [6.07, 6.45) is 12.7. The van der Waals surface area contributed by atoms with Gasteiger partial charge >= 0.3 is 0 Å². The van der Waals surface area contributed by atoms with Gasteiger partial charge in [0.25, 0.3) is 0 Å². The third kappa shape index (κ3) is 4.77. The number of hydrogen-bond acceptors (Lipinski definition) is 0. The summed E-state index contributed by atoms with van der Waals surface area (Å²) in [4.78, 5) is 0. The van der Waals surface area contributed by atoms with E-state index < -0.39 is 75.8 Å². The first-order chi connectivity index (χ1) is 20.5. The number of rotatable bonds is 6. The van der Waals surface area contributed by atoms with E-state index in [1.54, 1.807) is 0 Å². The number of hydrogen-bond donors (Lipinski definition) is 0. The minimum absolute atomic E-state index is 0.224. The van der Waals surface area contributed by atoms with Crippen molar-refractivity contribution in [1.82, 2.24) is 0 Å². The first kappa shape index (κ1) is 29.8. The van der Waals surface area contributed by atoms with Crippen molar-refractivity contribution in [3.8, 4) is 0 Å². The average Bonchev–Trinajstić information content (AvgIpc) is 3.60. The maximum Gasteiger partial charge on any atom is 0.200 e. The molecular weight excluding hydrogens is 585 g/mol. The lowest BCUT2D eigenvalue weighted by Gasteiger charge is -2.39. The molecule has 2 aromatic rings. The first-order valence-electron chi connectivity index (χ1n) is 14.3. The Morgan fingerprint density at radius 2 is 1.05 bits per heavy atom. The predicted octanol–water partition coefficient (Wildman–Crippen LogP) is 8.45. The van der Waals surface area contributed by atoms with Crippen molar-refractivity contribution >= 4 is 17.6 Å². The van der Waals surface area contributed by atoms with Gasteiger partial charge < -0.3 is 0 Å². The molecule has 1 saturated carbocycles. The van der Waals surface area contributed by atoms with E-state index in [1.165, 1.54) is 11.6 Å². The molecule has 4 aliphatic carbocycles. The first-order valence-corrected chi connectivity index (χ1v) is 14.3. The molecule has 0 spiro atoms. The van der Waals surface area contributed by atoms with Gasteiger partial charge in [-0.15, -0.1) is 6.08 Å². The van der Waals surface area contributed by atoms with Crippen LogP contribution in [0.25, 0.3) is 0 Å². The molecule has 1 unspecified atom stereocenters. The highest BCUT2D eigenvalue weighted by Gasteiger charge is 2.37. The van der Waals surface area contributed by atoms with Crippen molar-refractivity contribution in [2.45, 2.75) is 64.2 Å². The summed E-state index contributed by atoms with van der Waals surface area (Å²) >= 11 is 0. The van der Waals surface area contributed by atoms with Crippen LogP contribution < -0.4 is 10.9 Å². The zero-order valence-electron chi connectivity index (χ0n) is 22.7. The fraction of sp³-hybridized carbons (Fsp3) is 0.344. The molecule has 6 rings (SSSR count). The molecule has 1 atom stereocenters. The van der Waals surface area contributed by atoms with Crippen molar-refractivity contribution in [3.63, 3.8) is 0 Å². The van der Waals surface area contributed by atoms with Gasteiger partial charge in [0, 0.05) is 0 Å². The maximum atomic E-state index is 15.3. The fourth-order valence-electron chi connectivity index (χ4n) is 7.13. The summed E-state index contributed by atoms with van der Waals surface area (Å²) in [5, 5.41) is 0. The van der Waals surface area contributed by atoms with Crippen LogP contribution in [0.4, 0.5) is 43.9 Å². The van der Waals surface area contributed by atoms with Crippen molar-refractivity contribution < 1.29 is 43.9 Å². The van der Waals surface area contributed by atoms with E-state index in [-0.39, 0.29) is 12.2 Å². The summed E-state index contributed by atoms with van der Waals surface area (Å²) in [7, 11) is 0. The van der Waals surface area contributed by atoms with Gasteiger partial charge in [0.15, 0.2) is 34.9 Å². The summed E-state index contributed by atoms with van der Waals surface area (Å²) in [6.45, 7) is -2.51. The Bertz CT molecular complexity index is 1520. The molecule has 0 saturated heterocycles. The molecule has 0 heterocycles.